The first-order valence-electron chi connectivity index (χ1n) is 42.7. The van der Waals surface area contributed by atoms with Crippen molar-refractivity contribution in [3.63, 3.8) is 0 Å². The zero-order chi connectivity index (χ0) is 81.7. The summed E-state index contributed by atoms with van der Waals surface area (Å²) < 4.78 is 68.5. The van der Waals surface area contributed by atoms with Crippen molar-refractivity contribution in [2.45, 2.75) is 329 Å². The van der Waals surface area contributed by atoms with Gasteiger partial charge in [0.15, 0.2) is 12.2 Å². The molecule has 2 unspecified atom stereocenters. The van der Waals surface area contributed by atoms with Gasteiger partial charge < -0.3 is 33.8 Å². The Labute approximate surface area is 678 Å². The van der Waals surface area contributed by atoms with Crippen molar-refractivity contribution >= 4 is 39.5 Å². The number of rotatable bonds is 78. The Morgan fingerprint density at radius 2 is 0.482 bits per heavy atom. The van der Waals surface area contributed by atoms with Crippen LogP contribution in [-0.2, 0) is 65.4 Å². The van der Waals surface area contributed by atoms with E-state index in [1.807, 2.05) is 48.6 Å². The number of carbonyl (C=O) groups is 4. The molecule has 0 radical (unpaired) electrons. The van der Waals surface area contributed by atoms with Crippen LogP contribution in [0.4, 0.5) is 0 Å². The Hall–Kier alpha value is -6.10. The van der Waals surface area contributed by atoms with Crippen LogP contribution in [0.1, 0.15) is 310 Å². The van der Waals surface area contributed by atoms with Gasteiger partial charge in [0.2, 0.25) is 0 Å². The zero-order valence-electron chi connectivity index (χ0n) is 69.5. The van der Waals surface area contributed by atoms with Crippen LogP contribution in [0.2, 0.25) is 0 Å². The first kappa shape index (κ1) is 106. The highest BCUT2D eigenvalue weighted by molar-refractivity contribution is 7.47. The molecule has 112 heavy (non-hydrogen) atoms. The summed E-state index contributed by atoms with van der Waals surface area (Å²) in [7, 11) is -10.0. The van der Waals surface area contributed by atoms with Crippen LogP contribution in [0.15, 0.2) is 194 Å². The van der Waals surface area contributed by atoms with Crippen molar-refractivity contribution < 1.29 is 80.2 Å². The summed E-state index contributed by atoms with van der Waals surface area (Å²) in [6, 6.07) is 0. The molecule has 17 nitrogen and oxygen atoms in total. The Morgan fingerprint density at radius 1 is 0.259 bits per heavy atom. The van der Waals surface area contributed by atoms with Crippen LogP contribution in [0.25, 0.3) is 0 Å². The van der Waals surface area contributed by atoms with Gasteiger partial charge >= 0.3 is 39.5 Å². The fourth-order valence-electron chi connectivity index (χ4n) is 10.6. The summed E-state index contributed by atoms with van der Waals surface area (Å²) in [6.07, 6.45) is 103. The van der Waals surface area contributed by atoms with E-state index in [0.29, 0.717) is 44.9 Å². The number of aliphatic hydroxyl groups excluding tert-OH is 1. The number of unbranched alkanes of at least 4 members (excludes halogenated alkanes) is 20. The maximum Gasteiger partial charge on any atom is 0.472 e. The Balaban J connectivity index is 5.59. The molecule has 5 atom stereocenters. The lowest BCUT2D eigenvalue weighted by molar-refractivity contribution is -0.161. The molecule has 0 fully saturated rings. The van der Waals surface area contributed by atoms with E-state index in [0.717, 1.165) is 109 Å². The monoisotopic (exact) mass is 1600 g/mol. The highest BCUT2D eigenvalue weighted by atomic mass is 31.2. The van der Waals surface area contributed by atoms with Crippen LogP contribution in [0.5, 0.6) is 0 Å². The van der Waals surface area contributed by atoms with E-state index in [2.05, 4.69) is 174 Å². The molecule has 0 aromatic heterocycles. The van der Waals surface area contributed by atoms with Crippen LogP contribution in [0, 0.1) is 0 Å². The average molecular weight is 1600 g/mol. The number of carbonyl (C=O) groups excluding carboxylic acids is 4. The molecule has 0 aromatic carbocycles. The van der Waals surface area contributed by atoms with Crippen molar-refractivity contribution in [1.29, 1.82) is 0 Å². The molecule has 0 aliphatic rings. The molecule has 0 amide bonds. The number of phosphoric ester groups is 2. The predicted octanol–water partition coefficient (Wildman–Crippen LogP) is 25.7. The van der Waals surface area contributed by atoms with E-state index in [4.69, 9.17) is 37.0 Å². The third-order valence-electron chi connectivity index (χ3n) is 17.1. The summed E-state index contributed by atoms with van der Waals surface area (Å²) in [5.41, 5.74) is 0. The van der Waals surface area contributed by atoms with E-state index in [1.54, 1.807) is 0 Å². The van der Waals surface area contributed by atoms with Crippen molar-refractivity contribution in [2.24, 2.45) is 0 Å². The third-order valence-corrected chi connectivity index (χ3v) is 19.0. The van der Waals surface area contributed by atoms with Crippen LogP contribution in [-0.4, -0.2) is 96.7 Å². The number of esters is 4. The van der Waals surface area contributed by atoms with Crippen molar-refractivity contribution in [2.75, 3.05) is 39.6 Å². The van der Waals surface area contributed by atoms with E-state index >= 15 is 0 Å². The summed E-state index contributed by atoms with van der Waals surface area (Å²) in [5, 5.41) is 10.7. The zero-order valence-corrected chi connectivity index (χ0v) is 71.3. The summed E-state index contributed by atoms with van der Waals surface area (Å²) in [4.78, 5) is 73.1. The SMILES string of the molecule is CC/C=C\C/C=C\C/C=C\C/C=C\C/C=C\C/C=C\CCC(=O)OC[C@H](COP(=O)(O)OC[C@@H](O)COP(=O)(O)OC[C@@H](COC(=O)CC/C=C\C/C=C\C/C=C\C/C=C\C/C=C\CCCCC)OC(=O)CCCCCCCCCCCCCCCCC)OC(=O)CC/C=C\C/C=C\C/C=C\C/C=C\C/C=C\CCCCC. The fraction of sp³-hybridized carbons (Fsp3) is 0.613. The van der Waals surface area contributed by atoms with Crippen LogP contribution >= 0.6 is 15.6 Å². The van der Waals surface area contributed by atoms with E-state index in [-0.39, 0.29) is 25.7 Å². The Bertz CT molecular complexity index is 2890. The van der Waals surface area contributed by atoms with Crippen LogP contribution < -0.4 is 0 Å². The van der Waals surface area contributed by atoms with E-state index in [9.17, 15) is 43.2 Å². The summed E-state index contributed by atoms with van der Waals surface area (Å²) >= 11 is 0. The molecule has 0 saturated heterocycles. The molecule has 0 heterocycles. The second-order valence-electron chi connectivity index (χ2n) is 27.7. The lowest BCUT2D eigenvalue weighted by atomic mass is 10.0. The summed E-state index contributed by atoms with van der Waals surface area (Å²) in [5.74, 6) is -2.48. The molecular weight excluding hydrogens is 1450 g/mol. The number of aliphatic hydroxyl groups is 1. The molecule has 0 aliphatic heterocycles. The fourth-order valence-corrected chi connectivity index (χ4v) is 12.2. The number of phosphoric acid groups is 2. The molecule has 0 rings (SSSR count). The standard InChI is InChI=1S/C93H150O17P2/c1-5-9-13-17-21-25-29-33-37-40-43-46-50-53-57-61-65-69-73-77-90(95)103-83-88(109-92(97)79-75-71-67-63-59-55-49-36-32-28-24-20-16-12-8-4)85-107-111(99,100)105-81-87(94)82-106-112(101,102)108-86-89(110-93(98)80-76-72-68-64-60-56-52-48-45-42-39-35-31-27-23-19-15-11-7-3)84-104-91(96)78-74-70-66-62-58-54-51-47-44-41-38-34-30-26-22-18-14-10-6-2/h10,14,21-23,25-27,33-35,37-39,43-48,53-54,56-58,60,65-66,68-70,72,87-89,94H,5-9,11-13,15-20,24,28-32,36,40-42,49-52,55,59,61-64,67,71,73-86H2,1-4H3,(H,99,100)(H,101,102)/b14-10-,25-21-,26-22-,27-23-,37-33-,38-34-,39-35-,46-43-,47-44-,48-45-,57-53-,58-54-,60-56-,69-65-,70-66-,72-68-/t87-,88+,89+/m0/s1. The minimum Gasteiger partial charge on any atom is -0.462 e. The van der Waals surface area contributed by atoms with Gasteiger partial charge in [-0.15, -0.1) is 0 Å². The molecule has 0 saturated carbocycles. The van der Waals surface area contributed by atoms with Gasteiger partial charge in [0, 0.05) is 25.7 Å². The molecule has 634 valence electrons. The molecule has 3 N–H and O–H groups in total. The van der Waals surface area contributed by atoms with Crippen LogP contribution in [0.3, 0.4) is 0 Å². The number of allylic oxidation sites excluding steroid dienone is 32. The highest BCUT2D eigenvalue weighted by Gasteiger charge is 2.30. The van der Waals surface area contributed by atoms with Crippen molar-refractivity contribution in [3.8, 4) is 0 Å². The highest BCUT2D eigenvalue weighted by Crippen LogP contribution is 2.45. The first-order valence-corrected chi connectivity index (χ1v) is 45.7. The van der Waals surface area contributed by atoms with Gasteiger partial charge in [-0.1, -0.05) is 338 Å². The topological polar surface area (TPSA) is 237 Å². The number of hydrogen-bond acceptors (Lipinski definition) is 15. The normalized spacial score (nSPS) is 14.7. The van der Waals surface area contributed by atoms with Gasteiger partial charge in [0.05, 0.1) is 26.4 Å². The molecule has 19 heteroatoms. The second-order valence-corrected chi connectivity index (χ2v) is 30.6. The maximum absolute atomic E-state index is 13.1. The van der Waals surface area contributed by atoms with Gasteiger partial charge in [-0.3, -0.25) is 37.3 Å². The smallest absolute Gasteiger partial charge is 0.462 e. The predicted molar refractivity (Wildman–Crippen MR) is 463 cm³/mol. The lowest BCUT2D eigenvalue weighted by Crippen LogP contribution is -2.30. The Kier molecular flexibility index (Phi) is 78.4. The number of hydrogen-bond donors (Lipinski definition) is 3. The largest absolute Gasteiger partial charge is 0.472 e. The van der Waals surface area contributed by atoms with Gasteiger partial charge in [0.25, 0.3) is 0 Å². The first-order chi connectivity index (χ1) is 54.7. The average Bonchev–Trinajstić information content (AvgIpc) is 0.898. The molecule has 0 aliphatic carbocycles. The minimum absolute atomic E-state index is 0.0118. The van der Waals surface area contributed by atoms with Gasteiger partial charge in [-0.25, -0.2) is 9.13 Å². The number of ether oxygens (including phenoxy) is 4. The molecule has 0 bridgehead atoms. The van der Waals surface area contributed by atoms with E-state index in [1.165, 1.54) is 103 Å². The second kappa shape index (κ2) is 82.9. The molecule has 0 aromatic rings. The van der Waals surface area contributed by atoms with Gasteiger partial charge in [-0.05, 0) is 141 Å². The third kappa shape index (κ3) is 81.9. The maximum atomic E-state index is 13.1. The quantitative estimate of drug-likeness (QED) is 0.0169. The molecule has 0 spiro atoms. The van der Waals surface area contributed by atoms with E-state index < -0.39 is 97.5 Å². The van der Waals surface area contributed by atoms with Gasteiger partial charge in [0.1, 0.15) is 19.3 Å². The van der Waals surface area contributed by atoms with Crippen molar-refractivity contribution in [1.82, 2.24) is 0 Å². The Morgan fingerprint density at radius 3 is 0.768 bits per heavy atom. The lowest BCUT2D eigenvalue weighted by Gasteiger charge is -2.21. The molecular formula is C93H150O17P2. The summed E-state index contributed by atoms with van der Waals surface area (Å²) in [6.45, 7) is 4.45. The van der Waals surface area contributed by atoms with Crippen molar-refractivity contribution in [3.05, 3.63) is 194 Å². The minimum atomic E-state index is -5.03. The van der Waals surface area contributed by atoms with Gasteiger partial charge in [-0.2, -0.15) is 0 Å².